The lowest BCUT2D eigenvalue weighted by Gasteiger charge is -2.33. The van der Waals surface area contributed by atoms with Crippen LogP contribution in [-0.2, 0) is 9.53 Å². The Bertz CT molecular complexity index is 1090. The molecule has 2 aromatic carbocycles. The quantitative estimate of drug-likeness (QED) is 0.450. The highest BCUT2D eigenvalue weighted by molar-refractivity contribution is 6.15. The maximum atomic E-state index is 13.4. The summed E-state index contributed by atoms with van der Waals surface area (Å²) in [6.07, 6.45) is 3.18. The van der Waals surface area contributed by atoms with Crippen LogP contribution in [0.25, 0.3) is 10.9 Å². The van der Waals surface area contributed by atoms with Crippen LogP contribution >= 0.6 is 0 Å². The topological polar surface area (TPSA) is 70.0 Å². The van der Waals surface area contributed by atoms with Crippen molar-refractivity contribution in [2.45, 2.75) is 19.8 Å². The van der Waals surface area contributed by atoms with Gasteiger partial charge in [0.15, 0.2) is 6.20 Å². The molecule has 0 amide bonds. The molecule has 6 nitrogen and oxygen atoms in total. The molecule has 6 heteroatoms. The fraction of sp³-hybridized carbons (Fsp3) is 0.320. The van der Waals surface area contributed by atoms with Crippen molar-refractivity contribution in [1.82, 2.24) is 0 Å². The molecule has 160 valence electrons. The third-order valence-corrected chi connectivity index (χ3v) is 5.82. The number of piperidine rings is 1. The van der Waals surface area contributed by atoms with Crippen molar-refractivity contribution in [2.24, 2.45) is 5.92 Å². The lowest BCUT2D eigenvalue weighted by atomic mass is 9.94. The summed E-state index contributed by atoms with van der Waals surface area (Å²) < 4.78 is 10.7. The number of rotatable bonds is 6. The van der Waals surface area contributed by atoms with Crippen molar-refractivity contribution >= 4 is 28.3 Å². The molecule has 3 aromatic rings. The highest BCUT2D eigenvalue weighted by Gasteiger charge is 2.30. The van der Waals surface area contributed by atoms with Crippen molar-refractivity contribution in [3.63, 3.8) is 0 Å². The average molecular weight is 420 g/mol. The van der Waals surface area contributed by atoms with Crippen LogP contribution in [0.1, 0.15) is 35.7 Å². The number of pyridine rings is 1. The number of fused-ring (bicyclic) bond motifs is 1. The van der Waals surface area contributed by atoms with Gasteiger partial charge in [0.2, 0.25) is 11.3 Å². The number of aromatic nitrogens is 1. The summed E-state index contributed by atoms with van der Waals surface area (Å²) in [5.74, 6) is 0.466. The average Bonchev–Trinajstić information content (AvgIpc) is 2.83. The van der Waals surface area contributed by atoms with E-state index >= 15 is 0 Å². The van der Waals surface area contributed by atoms with Crippen LogP contribution in [0.2, 0.25) is 0 Å². The van der Waals surface area contributed by atoms with Gasteiger partial charge in [-0.25, -0.2) is 4.98 Å². The minimum atomic E-state index is -0.129. The van der Waals surface area contributed by atoms with Crippen LogP contribution in [-0.4, -0.2) is 38.6 Å². The Kier molecular flexibility index (Phi) is 6.16. The van der Waals surface area contributed by atoms with Crippen LogP contribution in [0.4, 0.5) is 5.69 Å². The van der Waals surface area contributed by atoms with E-state index in [0.29, 0.717) is 43.7 Å². The number of benzene rings is 2. The summed E-state index contributed by atoms with van der Waals surface area (Å²) in [6, 6.07) is 15.1. The Labute approximate surface area is 181 Å². The number of hydrogen-bond acceptors (Lipinski definition) is 5. The van der Waals surface area contributed by atoms with Gasteiger partial charge in [0.25, 0.3) is 0 Å². The summed E-state index contributed by atoms with van der Waals surface area (Å²) in [5, 5.41) is 0.927. The van der Waals surface area contributed by atoms with Crippen LogP contribution in [0, 0.1) is 5.92 Å². The zero-order chi connectivity index (χ0) is 21.8. The molecule has 0 spiro atoms. The minimum Gasteiger partial charge on any atom is -0.497 e. The zero-order valence-corrected chi connectivity index (χ0v) is 17.9. The molecular weight excluding hydrogens is 392 g/mol. The second kappa shape index (κ2) is 9.16. The molecule has 31 heavy (non-hydrogen) atoms. The SMILES string of the molecule is CCOC(=O)C1CCN(c2c(C(=O)c3ccccc3)c[nH+]c3ccc(OC)cc23)CC1. The number of ketones is 1. The molecule has 1 fully saturated rings. The van der Waals surface area contributed by atoms with Gasteiger partial charge >= 0.3 is 5.97 Å². The van der Waals surface area contributed by atoms with Gasteiger partial charge in [0.05, 0.1) is 30.7 Å². The fourth-order valence-electron chi connectivity index (χ4n) is 4.19. The van der Waals surface area contributed by atoms with E-state index in [4.69, 9.17) is 9.47 Å². The van der Waals surface area contributed by atoms with Gasteiger partial charge in [-0.3, -0.25) is 9.59 Å². The van der Waals surface area contributed by atoms with Crippen LogP contribution < -0.4 is 14.6 Å². The largest absolute Gasteiger partial charge is 0.497 e. The number of aromatic amines is 1. The molecule has 1 aliphatic heterocycles. The van der Waals surface area contributed by atoms with E-state index in [2.05, 4.69) is 9.88 Å². The summed E-state index contributed by atoms with van der Waals surface area (Å²) in [6.45, 7) is 3.58. The number of ether oxygens (including phenoxy) is 2. The molecule has 1 N–H and O–H groups in total. The van der Waals surface area contributed by atoms with Crippen molar-refractivity contribution < 1.29 is 24.0 Å². The van der Waals surface area contributed by atoms with Crippen LogP contribution in [0.5, 0.6) is 5.75 Å². The van der Waals surface area contributed by atoms with Crippen molar-refractivity contribution in [1.29, 1.82) is 0 Å². The smallest absolute Gasteiger partial charge is 0.309 e. The van der Waals surface area contributed by atoms with E-state index in [-0.39, 0.29) is 17.7 Å². The lowest BCUT2D eigenvalue weighted by molar-refractivity contribution is -0.344. The van der Waals surface area contributed by atoms with Gasteiger partial charge in [-0.2, -0.15) is 0 Å². The molecule has 1 aliphatic rings. The van der Waals surface area contributed by atoms with Crippen molar-refractivity contribution in [3.05, 3.63) is 65.9 Å². The number of H-pyrrole nitrogens is 1. The number of carbonyl (C=O) groups is 2. The lowest BCUT2D eigenvalue weighted by Crippen LogP contribution is -2.38. The number of nitrogens with zero attached hydrogens (tertiary/aromatic N) is 1. The van der Waals surface area contributed by atoms with E-state index in [1.807, 2.05) is 55.5 Å². The normalized spacial score (nSPS) is 14.5. The summed E-state index contributed by atoms with van der Waals surface area (Å²) in [5.41, 5.74) is 3.05. The number of esters is 1. The van der Waals surface area contributed by atoms with Gasteiger partial charge in [0.1, 0.15) is 11.3 Å². The van der Waals surface area contributed by atoms with E-state index < -0.39 is 0 Å². The first-order valence-electron chi connectivity index (χ1n) is 10.7. The highest BCUT2D eigenvalue weighted by Crippen LogP contribution is 2.35. The molecule has 0 saturated carbocycles. The summed E-state index contributed by atoms with van der Waals surface area (Å²) >= 11 is 0. The maximum Gasteiger partial charge on any atom is 0.309 e. The van der Waals surface area contributed by atoms with Crippen molar-refractivity contribution in [2.75, 3.05) is 31.7 Å². The summed E-state index contributed by atoms with van der Waals surface area (Å²) in [7, 11) is 1.63. The van der Waals surface area contributed by atoms with E-state index in [1.165, 1.54) is 0 Å². The Morgan fingerprint density at radius 1 is 1.10 bits per heavy atom. The summed E-state index contributed by atoms with van der Waals surface area (Å²) in [4.78, 5) is 31.1. The molecule has 4 rings (SSSR count). The maximum absolute atomic E-state index is 13.4. The monoisotopic (exact) mass is 419 g/mol. The molecule has 1 saturated heterocycles. The first-order valence-corrected chi connectivity index (χ1v) is 10.7. The Morgan fingerprint density at radius 3 is 2.52 bits per heavy atom. The van der Waals surface area contributed by atoms with E-state index in [9.17, 15) is 9.59 Å². The third kappa shape index (κ3) is 4.24. The first-order chi connectivity index (χ1) is 15.1. The predicted molar refractivity (Wildman–Crippen MR) is 119 cm³/mol. The fourth-order valence-corrected chi connectivity index (χ4v) is 4.19. The van der Waals surface area contributed by atoms with Crippen molar-refractivity contribution in [3.8, 4) is 5.75 Å². The molecule has 0 bridgehead atoms. The number of hydrogen-bond donors (Lipinski definition) is 0. The Balaban J connectivity index is 1.76. The zero-order valence-electron chi connectivity index (χ0n) is 17.9. The Hall–Kier alpha value is -3.41. The van der Waals surface area contributed by atoms with Gasteiger partial charge < -0.3 is 14.4 Å². The second-order valence-corrected chi connectivity index (χ2v) is 7.67. The molecule has 0 aliphatic carbocycles. The molecular formula is C25H27N2O4+. The van der Waals surface area contributed by atoms with E-state index in [1.54, 1.807) is 13.3 Å². The minimum absolute atomic E-state index is 0.0379. The molecule has 0 atom stereocenters. The first kappa shape index (κ1) is 20.8. The van der Waals surface area contributed by atoms with Gasteiger partial charge in [-0.1, -0.05) is 30.3 Å². The number of carbonyl (C=O) groups excluding carboxylic acids is 2. The standard InChI is InChI=1S/C25H26N2O4/c1-3-31-25(29)18-11-13-27(14-12-18)23-20-15-19(30-2)9-10-22(20)26-16-21(23)24(28)17-7-5-4-6-8-17/h4-10,15-16,18H,3,11-14H2,1-2H3/p+1. The molecule has 0 unspecified atom stereocenters. The second-order valence-electron chi connectivity index (χ2n) is 7.67. The number of methoxy groups -OCH3 is 1. The predicted octanol–water partition coefficient (Wildman–Crippen LogP) is 3.67. The molecule has 2 heterocycles. The molecule has 0 radical (unpaired) electrons. The van der Waals surface area contributed by atoms with Gasteiger partial charge in [0, 0.05) is 24.7 Å². The van der Waals surface area contributed by atoms with Crippen LogP contribution in [0.15, 0.2) is 54.7 Å². The van der Waals surface area contributed by atoms with Crippen LogP contribution in [0.3, 0.4) is 0 Å². The highest BCUT2D eigenvalue weighted by atomic mass is 16.5. The number of nitrogens with one attached hydrogen (secondary N) is 1. The molecule has 1 aromatic heterocycles. The third-order valence-electron chi connectivity index (χ3n) is 5.82. The number of anilines is 1. The van der Waals surface area contributed by atoms with Gasteiger partial charge in [-0.15, -0.1) is 0 Å². The Morgan fingerprint density at radius 2 is 1.84 bits per heavy atom. The van der Waals surface area contributed by atoms with Gasteiger partial charge in [-0.05, 0) is 31.9 Å². The van der Waals surface area contributed by atoms with E-state index in [0.717, 1.165) is 22.3 Å².